The highest BCUT2D eigenvalue weighted by atomic mass is 32.2. The average molecular weight is 530 g/mol. The standard InChI is InChI=1S/C24H20B.C11H16NOS/c1-5-13-21(14-6-1)25(22-15-7-2-8-16-22,23-17-9-3-10-18-23)24-19-11-4-12-20-24;1-13-14(12-9-5-6-10-12)11-7-3-2-4-8-11/h1-20H;2-4,7-8H,5-6,9-10H2,1H3/q-1;+1. The van der Waals surface area contributed by atoms with Gasteiger partial charge in [0.15, 0.2) is 0 Å². The summed E-state index contributed by atoms with van der Waals surface area (Å²) in [6.45, 7) is 2.34. The Kier molecular flexibility index (Phi) is 9.34. The van der Waals surface area contributed by atoms with Gasteiger partial charge in [-0.1, -0.05) is 144 Å². The Bertz CT molecular complexity index is 1220. The molecule has 1 fully saturated rings. The van der Waals surface area contributed by atoms with E-state index in [-0.39, 0.29) is 11.4 Å². The van der Waals surface area contributed by atoms with Gasteiger partial charge in [-0.05, 0) is 25.0 Å². The predicted octanol–water partition coefficient (Wildman–Crippen LogP) is 5.30. The molecule has 1 atom stereocenters. The van der Waals surface area contributed by atoms with Gasteiger partial charge in [-0.15, -0.1) is 0 Å². The zero-order valence-electron chi connectivity index (χ0n) is 22.6. The Morgan fingerprint density at radius 1 is 0.487 bits per heavy atom. The Balaban J connectivity index is 0.000000186. The molecule has 2 nitrogen and oxygen atoms in total. The van der Waals surface area contributed by atoms with Crippen LogP contribution in [0.4, 0.5) is 0 Å². The number of benzene rings is 5. The fourth-order valence-corrected chi connectivity index (χ4v) is 7.54. The highest BCUT2D eigenvalue weighted by Gasteiger charge is 2.35. The van der Waals surface area contributed by atoms with Crippen LogP contribution in [0.5, 0.6) is 0 Å². The van der Waals surface area contributed by atoms with E-state index in [2.05, 4.69) is 150 Å². The lowest BCUT2D eigenvalue weighted by molar-refractivity contribution is 0.413. The summed E-state index contributed by atoms with van der Waals surface area (Å²) in [5, 5.41) is 0. The molecule has 5 aromatic rings. The van der Waals surface area contributed by atoms with E-state index in [4.69, 9.17) is 4.18 Å². The minimum absolute atomic E-state index is 0.137. The summed E-state index contributed by atoms with van der Waals surface area (Å²) in [7, 11) is 1.80. The Morgan fingerprint density at radius 2 is 0.795 bits per heavy atom. The zero-order chi connectivity index (χ0) is 26.8. The quantitative estimate of drug-likeness (QED) is 0.210. The third-order valence-electron chi connectivity index (χ3n) is 7.60. The summed E-state index contributed by atoms with van der Waals surface area (Å²) in [5.41, 5.74) is 5.36. The van der Waals surface area contributed by atoms with Gasteiger partial charge in [0.05, 0.1) is 7.11 Å². The molecule has 1 aliphatic rings. The van der Waals surface area contributed by atoms with Crippen molar-refractivity contribution in [1.29, 1.82) is 0 Å². The molecule has 0 aliphatic carbocycles. The summed E-state index contributed by atoms with van der Waals surface area (Å²) < 4.78 is 8.00. The summed E-state index contributed by atoms with van der Waals surface area (Å²) in [6, 6.07) is 54.0. The van der Waals surface area contributed by atoms with Crippen molar-refractivity contribution in [3.63, 3.8) is 0 Å². The molecular formula is C35H36BNOS. The maximum Gasteiger partial charge on any atom is 0.280 e. The third kappa shape index (κ3) is 6.04. The van der Waals surface area contributed by atoms with Crippen LogP contribution in [0, 0.1) is 0 Å². The van der Waals surface area contributed by atoms with Crippen LogP contribution < -0.4 is 21.9 Å². The van der Waals surface area contributed by atoms with Crippen molar-refractivity contribution in [1.82, 2.24) is 4.31 Å². The fourth-order valence-electron chi connectivity index (χ4n) is 5.86. The smallest absolute Gasteiger partial charge is 0.195 e. The van der Waals surface area contributed by atoms with Crippen LogP contribution in [0.15, 0.2) is 157 Å². The fraction of sp³-hybridized carbons (Fsp3) is 0.143. The third-order valence-corrected chi connectivity index (χ3v) is 9.43. The maximum absolute atomic E-state index is 5.57. The molecule has 0 amide bonds. The lowest BCUT2D eigenvalue weighted by atomic mass is 9.13. The van der Waals surface area contributed by atoms with Crippen molar-refractivity contribution in [3.8, 4) is 0 Å². The minimum Gasteiger partial charge on any atom is -0.195 e. The molecule has 1 aliphatic heterocycles. The van der Waals surface area contributed by atoms with Crippen molar-refractivity contribution in [2.75, 3.05) is 20.2 Å². The van der Waals surface area contributed by atoms with E-state index in [0.717, 1.165) is 0 Å². The maximum atomic E-state index is 5.57. The lowest BCUT2D eigenvalue weighted by Crippen LogP contribution is -2.74. The van der Waals surface area contributed by atoms with Gasteiger partial charge in [-0.2, -0.15) is 26.0 Å². The van der Waals surface area contributed by atoms with Crippen molar-refractivity contribution in [2.24, 2.45) is 0 Å². The molecule has 0 saturated carbocycles. The van der Waals surface area contributed by atoms with E-state index in [0.29, 0.717) is 0 Å². The van der Waals surface area contributed by atoms with E-state index in [1.807, 2.05) is 6.07 Å². The number of hydrogen-bond acceptors (Lipinski definition) is 2. The minimum atomic E-state index is -1.22. The summed E-state index contributed by atoms with van der Waals surface area (Å²) in [6.07, 6.45) is 1.39. The molecule has 0 radical (unpaired) electrons. The van der Waals surface area contributed by atoms with Gasteiger partial charge in [-0.25, -0.2) is 0 Å². The molecule has 0 bridgehead atoms. The Labute approximate surface area is 236 Å². The number of rotatable bonds is 7. The molecule has 4 heteroatoms. The SMILES string of the molecule is CO[S+](c1ccccc1)N1CCCC1.c1ccc([B-](c2ccccc2)(c2ccccc2)c2ccccc2)cc1. The predicted molar refractivity (Wildman–Crippen MR) is 170 cm³/mol. The highest BCUT2D eigenvalue weighted by Crippen LogP contribution is 2.23. The van der Waals surface area contributed by atoms with E-state index >= 15 is 0 Å². The molecule has 6 rings (SSSR count). The van der Waals surface area contributed by atoms with Gasteiger partial charge in [0.2, 0.25) is 4.90 Å². The first kappa shape index (κ1) is 27.0. The monoisotopic (exact) mass is 529 g/mol. The molecule has 0 aromatic heterocycles. The van der Waals surface area contributed by atoms with Crippen LogP contribution in [0.25, 0.3) is 0 Å². The molecule has 0 N–H and O–H groups in total. The lowest BCUT2D eigenvalue weighted by Gasteiger charge is -2.44. The van der Waals surface area contributed by atoms with Gasteiger partial charge in [0.25, 0.3) is 11.4 Å². The highest BCUT2D eigenvalue weighted by molar-refractivity contribution is 7.90. The van der Waals surface area contributed by atoms with Gasteiger partial charge in [-0.3, -0.25) is 0 Å². The largest absolute Gasteiger partial charge is 0.280 e. The summed E-state index contributed by atoms with van der Waals surface area (Å²) in [4.78, 5) is 1.29. The molecule has 1 saturated heterocycles. The molecule has 39 heavy (non-hydrogen) atoms. The van der Waals surface area contributed by atoms with Crippen LogP contribution in [0.1, 0.15) is 12.8 Å². The van der Waals surface area contributed by atoms with Crippen LogP contribution in [0.2, 0.25) is 0 Å². The summed E-state index contributed by atoms with van der Waals surface area (Å²) >= 11 is -0.137. The molecular weight excluding hydrogens is 493 g/mol. The molecule has 1 heterocycles. The molecule has 1 unspecified atom stereocenters. The molecule has 5 aromatic carbocycles. The van der Waals surface area contributed by atoms with E-state index in [1.165, 1.54) is 52.7 Å². The van der Waals surface area contributed by atoms with Crippen molar-refractivity contribution in [2.45, 2.75) is 17.7 Å². The second-order valence-corrected chi connectivity index (χ2v) is 11.7. The first-order valence-corrected chi connectivity index (χ1v) is 14.9. The Morgan fingerprint density at radius 3 is 1.10 bits per heavy atom. The van der Waals surface area contributed by atoms with Crippen molar-refractivity contribution in [3.05, 3.63) is 152 Å². The van der Waals surface area contributed by atoms with Gasteiger partial charge in [0.1, 0.15) is 6.15 Å². The van der Waals surface area contributed by atoms with E-state index < -0.39 is 6.15 Å². The van der Waals surface area contributed by atoms with Crippen LogP contribution in [0.3, 0.4) is 0 Å². The van der Waals surface area contributed by atoms with E-state index in [1.54, 1.807) is 7.11 Å². The van der Waals surface area contributed by atoms with Gasteiger partial charge >= 0.3 is 0 Å². The first-order valence-electron chi connectivity index (χ1n) is 13.8. The summed E-state index contributed by atoms with van der Waals surface area (Å²) in [5.74, 6) is 0. The zero-order valence-corrected chi connectivity index (χ0v) is 23.4. The van der Waals surface area contributed by atoms with Gasteiger partial charge in [0, 0.05) is 13.1 Å². The second-order valence-electron chi connectivity index (χ2n) is 9.87. The van der Waals surface area contributed by atoms with Crippen molar-refractivity contribution < 1.29 is 4.18 Å². The first-order chi connectivity index (χ1) is 19.3. The van der Waals surface area contributed by atoms with E-state index in [9.17, 15) is 0 Å². The average Bonchev–Trinajstić information content (AvgIpc) is 3.56. The van der Waals surface area contributed by atoms with Crippen LogP contribution in [-0.2, 0) is 15.5 Å². The molecule has 196 valence electrons. The molecule has 0 spiro atoms. The number of nitrogens with zero attached hydrogens (tertiary/aromatic N) is 1. The normalized spacial score (nSPS) is 14.3. The Hall–Kier alpha value is -3.57. The second kappa shape index (κ2) is 13.5. The van der Waals surface area contributed by atoms with Crippen molar-refractivity contribution >= 4 is 39.4 Å². The van der Waals surface area contributed by atoms with Crippen LogP contribution in [-0.4, -0.2) is 30.7 Å². The topological polar surface area (TPSA) is 12.5 Å². The number of hydrogen-bond donors (Lipinski definition) is 0. The van der Waals surface area contributed by atoms with Crippen LogP contribution >= 0.6 is 0 Å². The van der Waals surface area contributed by atoms with Gasteiger partial charge < -0.3 is 0 Å².